The van der Waals surface area contributed by atoms with Crippen LogP contribution in [0.15, 0.2) is 82.4 Å². The van der Waals surface area contributed by atoms with Gasteiger partial charge in [-0.05, 0) is 48.0 Å². The summed E-state index contributed by atoms with van der Waals surface area (Å²) < 4.78 is 2.38. The first-order valence-corrected chi connectivity index (χ1v) is 10.1. The summed E-state index contributed by atoms with van der Waals surface area (Å²) in [6, 6.07) is 22.0. The lowest BCUT2D eigenvalue weighted by Gasteiger charge is -2.14. The van der Waals surface area contributed by atoms with Gasteiger partial charge >= 0.3 is 5.69 Å². The van der Waals surface area contributed by atoms with Crippen LogP contribution in [-0.2, 0) is 17.9 Å². The molecule has 0 aliphatic heterocycles. The second-order valence-corrected chi connectivity index (χ2v) is 7.58. The minimum atomic E-state index is -0.593. The highest BCUT2D eigenvalue weighted by Gasteiger charge is 2.16. The summed E-state index contributed by atoms with van der Waals surface area (Å²) in [5, 5.41) is 12.6. The van der Waals surface area contributed by atoms with Gasteiger partial charge in [-0.25, -0.2) is 4.79 Å². The third-order valence-electron chi connectivity index (χ3n) is 4.96. The van der Waals surface area contributed by atoms with Gasteiger partial charge in [0.15, 0.2) is 0 Å². The summed E-state index contributed by atoms with van der Waals surface area (Å²) in [5.41, 5.74) is 0.926. The molecule has 0 aliphatic rings. The molecule has 0 radical (unpaired) electrons. The number of halogens is 1. The van der Waals surface area contributed by atoms with Crippen molar-refractivity contribution in [1.29, 1.82) is 5.26 Å². The van der Waals surface area contributed by atoms with E-state index >= 15 is 0 Å². The molecular formula is C24H17ClN4O3. The number of carbonyl (C=O) groups is 1. The lowest BCUT2D eigenvalue weighted by atomic mass is 10.2. The molecule has 0 unspecified atom stereocenters. The molecule has 0 saturated carbocycles. The molecule has 32 heavy (non-hydrogen) atoms. The second-order valence-electron chi connectivity index (χ2n) is 7.14. The Labute approximate surface area is 187 Å². The van der Waals surface area contributed by atoms with Gasteiger partial charge in [-0.2, -0.15) is 5.26 Å². The maximum Gasteiger partial charge on any atom is 0.332 e. The minimum absolute atomic E-state index is 0.0471. The zero-order valence-corrected chi connectivity index (χ0v) is 17.5. The molecule has 0 fully saturated rings. The topological polar surface area (TPSA) is 96.9 Å². The standard InChI is InChI=1S/C24H17ClN4O3/c25-18-10-8-16(9-11-18)14-29-23(31)20-6-1-2-7-21(20)28(24(29)32)15-22(30)27-19-5-3-4-17(12-19)13-26/h1-12H,14-15H2,(H,27,30). The molecular weight excluding hydrogens is 428 g/mol. The highest BCUT2D eigenvalue weighted by molar-refractivity contribution is 6.30. The van der Waals surface area contributed by atoms with Gasteiger partial charge in [-0.15, -0.1) is 0 Å². The van der Waals surface area contributed by atoms with E-state index in [0.717, 1.165) is 10.1 Å². The summed E-state index contributed by atoms with van der Waals surface area (Å²) >= 11 is 5.93. The number of fused-ring (bicyclic) bond motifs is 1. The second kappa shape index (κ2) is 8.92. The predicted molar refractivity (Wildman–Crippen MR) is 123 cm³/mol. The van der Waals surface area contributed by atoms with Crippen molar-refractivity contribution < 1.29 is 4.79 Å². The van der Waals surface area contributed by atoms with E-state index in [-0.39, 0.29) is 13.1 Å². The Morgan fingerprint density at radius 3 is 2.47 bits per heavy atom. The van der Waals surface area contributed by atoms with Crippen molar-refractivity contribution in [1.82, 2.24) is 9.13 Å². The summed E-state index contributed by atoms with van der Waals surface area (Å²) in [7, 11) is 0. The predicted octanol–water partition coefficient (Wildman–Crippen LogP) is 3.38. The number of anilines is 1. The van der Waals surface area contributed by atoms with Crippen LogP contribution >= 0.6 is 11.6 Å². The maximum absolute atomic E-state index is 13.2. The molecule has 0 spiro atoms. The third-order valence-corrected chi connectivity index (χ3v) is 5.22. The number of aromatic nitrogens is 2. The lowest BCUT2D eigenvalue weighted by Crippen LogP contribution is -2.42. The van der Waals surface area contributed by atoms with E-state index in [2.05, 4.69) is 5.32 Å². The zero-order valence-electron chi connectivity index (χ0n) is 16.8. The van der Waals surface area contributed by atoms with E-state index in [1.54, 1.807) is 72.8 Å². The Bertz CT molecular complexity index is 1480. The SMILES string of the molecule is N#Cc1cccc(NC(=O)Cn2c(=O)n(Cc3ccc(Cl)cc3)c(=O)c3ccccc32)c1. The third kappa shape index (κ3) is 4.31. The van der Waals surface area contributed by atoms with Crippen LogP contribution in [0, 0.1) is 11.3 Å². The molecule has 1 heterocycles. The Morgan fingerprint density at radius 2 is 1.72 bits per heavy atom. The van der Waals surface area contributed by atoms with E-state index < -0.39 is 17.2 Å². The lowest BCUT2D eigenvalue weighted by molar-refractivity contribution is -0.116. The van der Waals surface area contributed by atoms with Crippen LogP contribution in [0.4, 0.5) is 5.69 Å². The van der Waals surface area contributed by atoms with Gasteiger partial charge in [0, 0.05) is 10.7 Å². The Balaban J connectivity index is 1.74. The number of hydrogen-bond acceptors (Lipinski definition) is 4. The van der Waals surface area contributed by atoms with Crippen LogP contribution in [0.1, 0.15) is 11.1 Å². The first kappa shape index (κ1) is 21.1. The highest BCUT2D eigenvalue weighted by Crippen LogP contribution is 2.13. The molecule has 4 rings (SSSR count). The van der Waals surface area contributed by atoms with E-state index in [9.17, 15) is 14.4 Å². The number of rotatable bonds is 5. The Morgan fingerprint density at radius 1 is 0.969 bits per heavy atom. The summed E-state index contributed by atoms with van der Waals surface area (Å²) in [6.45, 7) is -0.247. The number of nitrogens with zero attached hydrogens (tertiary/aromatic N) is 3. The average molecular weight is 445 g/mol. The van der Waals surface area contributed by atoms with Gasteiger partial charge in [0.1, 0.15) is 6.54 Å². The number of benzene rings is 3. The number of amides is 1. The monoisotopic (exact) mass is 444 g/mol. The molecule has 0 aliphatic carbocycles. The van der Waals surface area contributed by atoms with E-state index in [1.807, 2.05) is 6.07 Å². The summed E-state index contributed by atoms with van der Waals surface area (Å²) in [6.07, 6.45) is 0. The molecule has 158 valence electrons. The van der Waals surface area contributed by atoms with Gasteiger partial charge < -0.3 is 5.32 Å². The van der Waals surface area contributed by atoms with Gasteiger partial charge in [-0.3, -0.25) is 18.7 Å². The van der Waals surface area contributed by atoms with Crippen molar-refractivity contribution >= 4 is 34.1 Å². The largest absolute Gasteiger partial charge is 0.332 e. The number of carbonyl (C=O) groups excluding carboxylic acids is 1. The number of nitriles is 1. The zero-order chi connectivity index (χ0) is 22.7. The molecule has 0 atom stereocenters. The molecule has 3 aromatic carbocycles. The maximum atomic E-state index is 13.2. The van der Waals surface area contributed by atoms with Crippen molar-refractivity contribution in [2.75, 3.05) is 5.32 Å². The smallest absolute Gasteiger partial charge is 0.324 e. The van der Waals surface area contributed by atoms with Crippen molar-refractivity contribution in [3.8, 4) is 6.07 Å². The molecule has 1 amide bonds. The molecule has 0 bridgehead atoms. The van der Waals surface area contributed by atoms with Crippen LogP contribution in [0.25, 0.3) is 10.9 Å². The van der Waals surface area contributed by atoms with E-state index in [4.69, 9.17) is 16.9 Å². The fourth-order valence-corrected chi connectivity index (χ4v) is 3.57. The molecule has 1 N–H and O–H groups in total. The van der Waals surface area contributed by atoms with Gasteiger partial charge in [0.2, 0.25) is 5.91 Å². The van der Waals surface area contributed by atoms with Crippen molar-refractivity contribution in [3.05, 3.63) is 110 Å². The van der Waals surface area contributed by atoms with Gasteiger partial charge in [0.25, 0.3) is 5.56 Å². The Kier molecular flexibility index (Phi) is 5.88. The van der Waals surface area contributed by atoms with Gasteiger partial charge in [0.05, 0.1) is 29.1 Å². The van der Waals surface area contributed by atoms with Crippen LogP contribution in [0.5, 0.6) is 0 Å². The van der Waals surface area contributed by atoms with Crippen molar-refractivity contribution in [2.45, 2.75) is 13.1 Å². The average Bonchev–Trinajstić information content (AvgIpc) is 2.81. The number of nitrogens with one attached hydrogen (secondary N) is 1. The first-order valence-electron chi connectivity index (χ1n) is 9.73. The van der Waals surface area contributed by atoms with Crippen LogP contribution in [0.2, 0.25) is 5.02 Å². The van der Waals surface area contributed by atoms with Crippen LogP contribution in [-0.4, -0.2) is 15.0 Å². The number of para-hydroxylation sites is 1. The molecule has 1 aromatic heterocycles. The van der Waals surface area contributed by atoms with Crippen molar-refractivity contribution in [2.24, 2.45) is 0 Å². The first-order chi connectivity index (χ1) is 15.5. The summed E-state index contributed by atoms with van der Waals surface area (Å²) in [4.78, 5) is 39.0. The quantitative estimate of drug-likeness (QED) is 0.510. The van der Waals surface area contributed by atoms with E-state index in [1.165, 1.54) is 4.57 Å². The van der Waals surface area contributed by atoms with Crippen molar-refractivity contribution in [3.63, 3.8) is 0 Å². The normalized spacial score (nSPS) is 10.6. The van der Waals surface area contributed by atoms with E-state index in [0.29, 0.717) is 27.2 Å². The molecule has 8 heteroatoms. The molecule has 7 nitrogen and oxygen atoms in total. The molecule has 0 saturated heterocycles. The summed E-state index contributed by atoms with van der Waals surface area (Å²) in [5.74, 6) is -0.455. The van der Waals surface area contributed by atoms with Gasteiger partial charge in [-0.1, -0.05) is 41.9 Å². The highest BCUT2D eigenvalue weighted by atomic mass is 35.5. The molecule has 4 aromatic rings. The fraction of sp³-hybridized carbons (Fsp3) is 0.0833. The van der Waals surface area contributed by atoms with Crippen LogP contribution in [0.3, 0.4) is 0 Å². The minimum Gasteiger partial charge on any atom is -0.324 e. The Hall–Kier alpha value is -4.15. The van der Waals surface area contributed by atoms with Crippen LogP contribution < -0.4 is 16.6 Å². The number of hydrogen-bond donors (Lipinski definition) is 1. The fourth-order valence-electron chi connectivity index (χ4n) is 3.45.